The molecule has 1 amide bonds. The Bertz CT molecular complexity index is 1030. The number of thiocarbonyl (C=S) groups is 1. The number of nitriles is 1. The molecular formula is C24H32N4O2S2. The lowest BCUT2D eigenvalue weighted by atomic mass is 10.0. The maximum Gasteiger partial charge on any atom is 0.270 e. The standard InChI is InChI=1S/C24H32N4O2S2/c1-5-7-13-27-21(26-11-9-8-10-12-26)18(17(4)19(15-25)22(27)29)14-20-23(30)28(16(3)6-2)24(31)32-20/h14,16H,5-13H2,1-4H3. The van der Waals surface area contributed by atoms with Crippen molar-refractivity contribution in [3.8, 4) is 6.07 Å². The van der Waals surface area contributed by atoms with Gasteiger partial charge in [-0.25, -0.2) is 0 Å². The lowest BCUT2D eigenvalue weighted by Crippen LogP contribution is -2.37. The minimum atomic E-state index is -0.233. The highest BCUT2D eigenvalue weighted by atomic mass is 32.2. The predicted octanol–water partition coefficient (Wildman–Crippen LogP) is 4.82. The Labute approximate surface area is 200 Å². The van der Waals surface area contributed by atoms with Crippen molar-refractivity contribution in [3.05, 3.63) is 31.9 Å². The smallest absolute Gasteiger partial charge is 0.270 e. The zero-order valence-corrected chi connectivity index (χ0v) is 21.1. The minimum Gasteiger partial charge on any atom is -0.357 e. The summed E-state index contributed by atoms with van der Waals surface area (Å²) < 4.78 is 2.33. The molecule has 0 saturated carbocycles. The Hall–Kier alpha value is -2.11. The molecule has 1 unspecified atom stereocenters. The highest BCUT2D eigenvalue weighted by molar-refractivity contribution is 8.26. The van der Waals surface area contributed by atoms with Crippen LogP contribution >= 0.6 is 24.0 Å². The second-order valence-electron chi connectivity index (χ2n) is 8.52. The number of hydrogen-bond acceptors (Lipinski definition) is 6. The fraction of sp³-hybridized carbons (Fsp3) is 0.583. The first-order valence-electron chi connectivity index (χ1n) is 11.5. The van der Waals surface area contributed by atoms with Gasteiger partial charge >= 0.3 is 0 Å². The lowest BCUT2D eigenvalue weighted by Gasteiger charge is -2.33. The normalized spacial score (nSPS) is 19.0. The molecule has 0 bridgehead atoms. The third kappa shape index (κ3) is 4.65. The van der Waals surface area contributed by atoms with Crippen LogP contribution in [0.3, 0.4) is 0 Å². The van der Waals surface area contributed by atoms with Crippen LogP contribution in [0.1, 0.15) is 76.0 Å². The fourth-order valence-electron chi connectivity index (χ4n) is 4.29. The maximum absolute atomic E-state index is 13.3. The van der Waals surface area contributed by atoms with Gasteiger partial charge in [0, 0.05) is 31.2 Å². The molecule has 2 fully saturated rings. The Morgan fingerprint density at radius 2 is 1.91 bits per heavy atom. The number of rotatable bonds is 7. The molecule has 1 atom stereocenters. The van der Waals surface area contributed by atoms with Crippen molar-refractivity contribution in [1.82, 2.24) is 9.47 Å². The number of hydrogen-bond donors (Lipinski definition) is 0. The van der Waals surface area contributed by atoms with Gasteiger partial charge in [0.2, 0.25) is 0 Å². The first kappa shape index (κ1) is 24.5. The molecule has 3 rings (SSSR count). The van der Waals surface area contributed by atoms with Gasteiger partial charge in [-0.3, -0.25) is 19.1 Å². The van der Waals surface area contributed by atoms with Crippen molar-refractivity contribution in [3.63, 3.8) is 0 Å². The summed E-state index contributed by atoms with van der Waals surface area (Å²) in [6.45, 7) is 10.2. The van der Waals surface area contributed by atoms with Gasteiger partial charge in [0.05, 0.1) is 4.91 Å². The molecular weight excluding hydrogens is 440 g/mol. The Morgan fingerprint density at radius 3 is 2.50 bits per heavy atom. The summed E-state index contributed by atoms with van der Waals surface area (Å²) in [4.78, 5) is 31.0. The lowest BCUT2D eigenvalue weighted by molar-refractivity contribution is -0.123. The predicted molar refractivity (Wildman–Crippen MR) is 136 cm³/mol. The monoisotopic (exact) mass is 472 g/mol. The van der Waals surface area contributed by atoms with Crippen LogP contribution in [0, 0.1) is 18.3 Å². The van der Waals surface area contributed by atoms with E-state index >= 15 is 0 Å². The average molecular weight is 473 g/mol. The molecule has 0 aliphatic carbocycles. The van der Waals surface area contributed by atoms with Crippen LogP contribution in [0.4, 0.5) is 5.82 Å². The molecule has 0 aromatic carbocycles. The van der Waals surface area contributed by atoms with Gasteiger partial charge in [-0.2, -0.15) is 5.26 Å². The summed E-state index contributed by atoms with van der Waals surface area (Å²) in [5, 5.41) is 9.78. The third-order valence-corrected chi connectivity index (χ3v) is 7.70. The fourth-order valence-corrected chi connectivity index (χ4v) is 5.73. The largest absolute Gasteiger partial charge is 0.357 e. The van der Waals surface area contributed by atoms with Crippen LogP contribution in [0.15, 0.2) is 9.70 Å². The van der Waals surface area contributed by atoms with E-state index in [1.165, 1.54) is 18.2 Å². The van der Waals surface area contributed by atoms with E-state index in [9.17, 15) is 14.9 Å². The van der Waals surface area contributed by atoms with Gasteiger partial charge in [0.15, 0.2) is 0 Å². The molecule has 0 spiro atoms. The third-order valence-electron chi connectivity index (χ3n) is 6.37. The van der Waals surface area contributed by atoms with Crippen LogP contribution in [0.5, 0.6) is 0 Å². The van der Waals surface area contributed by atoms with Crippen LogP contribution in [0.25, 0.3) is 6.08 Å². The van der Waals surface area contributed by atoms with E-state index in [0.717, 1.165) is 56.6 Å². The van der Waals surface area contributed by atoms with Gasteiger partial charge in [-0.1, -0.05) is 44.2 Å². The molecule has 3 heterocycles. The molecule has 0 radical (unpaired) electrons. The molecule has 1 aromatic rings. The second kappa shape index (κ2) is 10.7. The highest BCUT2D eigenvalue weighted by Crippen LogP contribution is 2.37. The summed E-state index contributed by atoms with van der Waals surface area (Å²) >= 11 is 6.81. The molecule has 172 valence electrons. The molecule has 32 heavy (non-hydrogen) atoms. The molecule has 6 nitrogen and oxygen atoms in total. The zero-order chi connectivity index (χ0) is 23.4. The first-order valence-corrected chi connectivity index (χ1v) is 12.8. The number of thioether (sulfide) groups is 1. The zero-order valence-electron chi connectivity index (χ0n) is 19.4. The Kier molecular flexibility index (Phi) is 8.18. The summed E-state index contributed by atoms with van der Waals surface area (Å²) in [7, 11) is 0. The number of carbonyl (C=O) groups is 1. The Morgan fingerprint density at radius 1 is 1.22 bits per heavy atom. The van der Waals surface area contributed by atoms with Crippen LogP contribution in [-0.2, 0) is 11.3 Å². The average Bonchev–Trinajstić information content (AvgIpc) is 3.07. The van der Waals surface area contributed by atoms with E-state index in [-0.39, 0.29) is 23.1 Å². The van der Waals surface area contributed by atoms with Crippen molar-refractivity contribution in [2.45, 2.75) is 78.8 Å². The van der Waals surface area contributed by atoms with Crippen molar-refractivity contribution < 1.29 is 4.79 Å². The number of unbranched alkanes of at least 4 members (excludes halogenated alkanes) is 1. The summed E-state index contributed by atoms with van der Waals surface area (Å²) in [6.07, 6.45) is 7.79. The quantitative estimate of drug-likeness (QED) is 0.419. The Balaban J connectivity index is 2.23. The molecule has 8 heteroatoms. The number of amides is 1. The molecule has 0 N–H and O–H groups in total. The van der Waals surface area contributed by atoms with Crippen molar-refractivity contribution in [2.75, 3.05) is 18.0 Å². The topological polar surface area (TPSA) is 69.3 Å². The van der Waals surface area contributed by atoms with E-state index in [1.807, 2.05) is 26.8 Å². The SMILES string of the molecule is CCCCn1c(N2CCCCC2)c(C=C2SC(=S)N(C(C)CC)C2=O)c(C)c(C#N)c1=O. The van der Waals surface area contributed by atoms with Gasteiger partial charge in [0.1, 0.15) is 21.8 Å². The van der Waals surface area contributed by atoms with Crippen LogP contribution in [-0.4, -0.2) is 38.8 Å². The number of aromatic nitrogens is 1. The first-order chi connectivity index (χ1) is 15.3. The number of anilines is 1. The highest BCUT2D eigenvalue weighted by Gasteiger charge is 2.35. The molecule has 2 aliphatic rings. The number of nitrogens with zero attached hydrogens (tertiary/aromatic N) is 4. The second-order valence-corrected chi connectivity index (χ2v) is 10.2. The summed E-state index contributed by atoms with van der Waals surface area (Å²) in [6, 6.07) is 2.15. The van der Waals surface area contributed by atoms with Crippen molar-refractivity contribution >= 4 is 46.1 Å². The van der Waals surface area contributed by atoms with E-state index in [4.69, 9.17) is 12.2 Å². The molecule has 2 aliphatic heterocycles. The van der Waals surface area contributed by atoms with E-state index in [1.54, 1.807) is 9.47 Å². The number of carbonyl (C=O) groups excluding carboxylic acids is 1. The van der Waals surface area contributed by atoms with Crippen molar-refractivity contribution in [1.29, 1.82) is 5.26 Å². The van der Waals surface area contributed by atoms with Gasteiger partial charge in [-0.05, 0) is 57.6 Å². The van der Waals surface area contributed by atoms with Crippen LogP contribution < -0.4 is 10.5 Å². The minimum absolute atomic E-state index is 0.0317. The van der Waals surface area contributed by atoms with Gasteiger partial charge in [-0.15, -0.1) is 0 Å². The molecule has 2 saturated heterocycles. The van der Waals surface area contributed by atoms with E-state index < -0.39 is 0 Å². The summed E-state index contributed by atoms with van der Waals surface area (Å²) in [5.74, 6) is 0.747. The van der Waals surface area contributed by atoms with Crippen LogP contribution in [0.2, 0.25) is 0 Å². The van der Waals surface area contributed by atoms with E-state index in [2.05, 4.69) is 17.9 Å². The van der Waals surface area contributed by atoms with E-state index in [0.29, 0.717) is 21.3 Å². The summed E-state index contributed by atoms with van der Waals surface area (Å²) in [5.41, 5.74) is 1.36. The van der Waals surface area contributed by atoms with Gasteiger partial charge in [0.25, 0.3) is 11.5 Å². The molecule has 1 aromatic heterocycles. The van der Waals surface area contributed by atoms with Gasteiger partial charge < -0.3 is 4.90 Å². The number of pyridine rings is 1. The number of piperidine rings is 1. The maximum atomic E-state index is 13.3. The van der Waals surface area contributed by atoms with Crippen molar-refractivity contribution in [2.24, 2.45) is 0 Å².